The summed E-state index contributed by atoms with van der Waals surface area (Å²) in [6, 6.07) is 8.29. The van der Waals surface area contributed by atoms with E-state index < -0.39 is 17.5 Å². The molecule has 2 aliphatic rings. The van der Waals surface area contributed by atoms with Crippen LogP contribution in [0.1, 0.15) is 24.0 Å². The van der Waals surface area contributed by atoms with Gasteiger partial charge in [-0.25, -0.2) is 8.78 Å². The number of fused-ring (bicyclic) bond motifs is 1. The molecule has 4 rings (SSSR count). The molecule has 1 fully saturated rings. The van der Waals surface area contributed by atoms with Crippen LogP contribution in [0.15, 0.2) is 36.9 Å². The Morgan fingerprint density at radius 3 is 2.42 bits per heavy atom. The van der Waals surface area contributed by atoms with Gasteiger partial charge in [0.2, 0.25) is 0 Å². The Kier molecular flexibility index (Phi) is 3.12. The van der Waals surface area contributed by atoms with Crippen molar-refractivity contribution < 1.29 is 13.6 Å². The number of hydrogen-bond acceptors (Lipinski definition) is 2. The molecule has 3 nitrogen and oxygen atoms in total. The summed E-state index contributed by atoms with van der Waals surface area (Å²) in [5.41, 5.74) is 7.41. The van der Waals surface area contributed by atoms with Gasteiger partial charge in [0.15, 0.2) is 0 Å². The molecule has 2 aromatic rings. The van der Waals surface area contributed by atoms with Crippen molar-refractivity contribution in [3.05, 3.63) is 59.7 Å². The molecule has 0 unspecified atom stereocenters. The number of nitrogens with one attached hydrogen (secondary N) is 1. The van der Waals surface area contributed by atoms with Crippen molar-refractivity contribution in [3.63, 3.8) is 0 Å². The van der Waals surface area contributed by atoms with Gasteiger partial charge in [-0.2, -0.15) is 0 Å². The quantitative estimate of drug-likeness (QED) is 0.847. The predicted octanol–water partition coefficient (Wildman–Crippen LogP) is 3.59. The summed E-state index contributed by atoms with van der Waals surface area (Å²) in [6.07, 6.45) is 2.08. The zero-order valence-electron chi connectivity index (χ0n) is 13.0. The van der Waals surface area contributed by atoms with Crippen LogP contribution in [0.4, 0.5) is 14.5 Å². The molecule has 122 valence electrons. The Balaban J connectivity index is 1.80. The highest BCUT2D eigenvalue weighted by molar-refractivity contribution is 6.31. The fraction of sp³-hybridized carbons (Fsp3) is 0.211. The van der Waals surface area contributed by atoms with Gasteiger partial charge in [0, 0.05) is 23.1 Å². The molecule has 1 heterocycles. The van der Waals surface area contributed by atoms with E-state index in [1.54, 1.807) is 12.1 Å². The number of carbonyl (C=O) groups excluding carboxylic acids is 1. The minimum atomic E-state index is -0.763. The Labute approximate surface area is 138 Å². The van der Waals surface area contributed by atoms with Gasteiger partial charge in [0.05, 0.1) is 11.3 Å². The van der Waals surface area contributed by atoms with E-state index in [2.05, 4.69) is 11.9 Å². The molecule has 1 aliphatic carbocycles. The summed E-state index contributed by atoms with van der Waals surface area (Å²) in [4.78, 5) is 11.6. The van der Waals surface area contributed by atoms with E-state index in [1.807, 2.05) is 12.1 Å². The Morgan fingerprint density at radius 1 is 1.17 bits per heavy atom. The first-order chi connectivity index (χ1) is 11.5. The lowest BCUT2D eigenvalue weighted by Crippen LogP contribution is -2.19. The minimum Gasteiger partial charge on any atom is -0.330 e. The third-order valence-electron chi connectivity index (χ3n) is 5.07. The Bertz CT molecular complexity index is 883. The standard InChI is InChI=1S/C19H16F2N2O/c1-10-15-14(23-18(10)24)8-13(20)16(17(15)21)11-2-4-12(5-3-11)19(9-22)6-7-19/h2-5,8H,1,6-7,9,22H2,(H,23,24). The van der Waals surface area contributed by atoms with Crippen LogP contribution in [0, 0.1) is 11.6 Å². The smallest absolute Gasteiger partial charge is 0.255 e. The van der Waals surface area contributed by atoms with E-state index in [0.29, 0.717) is 12.1 Å². The number of amides is 1. The summed E-state index contributed by atoms with van der Waals surface area (Å²) in [7, 11) is 0. The second-order valence-electron chi connectivity index (χ2n) is 6.46. The van der Waals surface area contributed by atoms with Gasteiger partial charge in [-0.05, 0) is 30.0 Å². The van der Waals surface area contributed by atoms with E-state index in [1.165, 1.54) is 0 Å². The molecule has 5 heteroatoms. The molecule has 0 saturated heterocycles. The van der Waals surface area contributed by atoms with E-state index >= 15 is 0 Å². The maximum atomic E-state index is 14.8. The fourth-order valence-corrected chi connectivity index (χ4v) is 3.34. The summed E-state index contributed by atoms with van der Waals surface area (Å²) < 4.78 is 29.3. The lowest BCUT2D eigenvalue weighted by atomic mass is 9.92. The van der Waals surface area contributed by atoms with Crippen molar-refractivity contribution in [1.82, 2.24) is 0 Å². The number of rotatable bonds is 3. The van der Waals surface area contributed by atoms with E-state index in [0.717, 1.165) is 24.5 Å². The number of carbonyl (C=O) groups is 1. The highest BCUT2D eigenvalue weighted by Gasteiger charge is 2.42. The van der Waals surface area contributed by atoms with E-state index in [9.17, 15) is 13.6 Å². The van der Waals surface area contributed by atoms with E-state index in [-0.39, 0.29) is 27.8 Å². The lowest BCUT2D eigenvalue weighted by molar-refractivity contribution is -0.110. The molecule has 0 atom stereocenters. The molecule has 1 aliphatic heterocycles. The van der Waals surface area contributed by atoms with Crippen molar-refractivity contribution in [3.8, 4) is 11.1 Å². The number of hydrogen-bond donors (Lipinski definition) is 2. The third-order valence-corrected chi connectivity index (χ3v) is 5.07. The summed E-state index contributed by atoms with van der Waals surface area (Å²) >= 11 is 0. The second-order valence-corrected chi connectivity index (χ2v) is 6.46. The SMILES string of the molecule is C=C1C(=O)Nc2cc(F)c(-c3ccc(C4(CN)CC4)cc3)c(F)c21. The third kappa shape index (κ3) is 2.01. The maximum Gasteiger partial charge on any atom is 0.255 e. The molecule has 0 spiro atoms. The van der Waals surface area contributed by atoms with Crippen LogP contribution in [0.2, 0.25) is 0 Å². The van der Waals surface area contributed by atoms with Gasteiger partial charge in [0.25, 0.3) is 5.91 Å². The van der Waals surface area contributed by atoms with Crippen LogP contribution < -0.4 is 11.1 Å². The average Bonchev–Trinajstić information content (AvgIpc) is 3.30. The monoisotopic (exact) mass is 326 g/mol. The highest BCUT2D eigenvalue weighted by Crippen LogP contribution is 2.47. The van der Waals surface area contributed by atoms with Crippen molar-refractivity contribution in [2.75, 3.05) is 11.9 Å². The largest absolute Gasteiger partial charge is 0.330 e. The molecular formula is C19H16F2N2O. The van der Waals surface area contributed by atoms with Crippen molar-refractivity contribution >= 4 is 17.2 Å². The zero-order valence-corrected chi connectivity index (χ0v) is 13.0. The number of anilines is 1. The summed E-state index contributed by atoms with van der Waals surface area (Å²) in [5, 5.41) is 2.42. The molecule has 24 heavy (non-hydrogen) atoms. The average molecular weight is 326 g/mol. The minimum absolute atomic E-state index is 0.0143. The van der Waals surface area contributed by atoms with E-state index in [4.69, 9.17) is 5.73 Å². The molecule has 3 N–H and O–H groups in total. The molecule has 2 aromatic carbocycles. The topological polar surface area (TPSA) is 55.1 Å². The molecule has 0 bridgehead atoms. The second kappa shape index (κ2) is 4.98. The first-order valence-electron chi connectivity index (χ1n) is 7.80. The maximum absolute atomic E-state index is 14.8. The van der Waals surface area contributed by atoms with Crippen molar-refractivity contribution in [2.45, 2.75) is 18.3 Å². The molecule has 0 radical (unpaired) electrons. The van der Waals surface area contributed by atoms with Gasteiger partial charge in [-0.3, -0.25) is 4.79 Å². The van der Waals surface area contributed by atoms with Crippen LogP contribution in [-0.2, 0) is 10.2 Å². The number of halogens is 2. The zero-order chi connectivity index (χ0) is 17.1. The molecule has 0 aromatic heterocycles. The number of nitrogens with two attached hydrogens (primary N) is 1. The summed E-state index contributed by atoms with van der Waals surface area (Å²) in [6.45, 7) is 4.15. The molecular weight excluding hydrogens is 310 g/mol. The van der Waals surface area contributed by atoms with Crippen molar-refractivity contribution in [2.24, 2.45) is 5.73 Å². The van der Waals surface area contributed by atoms with Crippen LogP contribution >= 0.6 is 0 Å². The van der Waals surface area contributed by atoms with Crippen LogP contribution in [-0.4, -0.2) is 12.5 Å². The first kappa shape index (κ1) is 15.0. The van der Waals surface area contributed by atoms with Crippen molar-refractivity contribution in [1.29, 1.82) is 0 Å². The molecule has 1 saturated carbocycles. The van der Waals surface area contributed by atoms with Gasteiger partial charge in [-0.1, -0.05) is 30.8 Å². The molecule has 1 amide bonds. The fourth-order valence-electron chi connectivity index (χ4n) is 3.34. The lowest BCUT2D eigenvalue weighted by Gasteiger charge is -2.14. The Morgan fingerprint density at radius 2 is 1.83 bits per heavy atom. The number of benzene rings is 2. The predicted molar refractivity (Wildman–Crippen MR) is 89.4 cm³/mol. The van der Waals surface area contributed by atoms with Crippen LogP contribution in [0.25, 0.3) is 16.7 Å². The first-order valence-corrected chi connectivity index (χ1v) is 7.80. The Hall–Kier alpha value is -2.53. The van der Waals surface area contributed by atoms with Gasteiger partial charge in [-0.15, -0.1) is 0 Å². The van der Waals surface area contributed by atoms with Gasteiger partial charge < -0.3 is 11.1 Å². The highest BCUT2D eigenvalue weighted by atomic mass is 19.1. The summed E-state index contributed by atoms with van der Waals surface area (Å²) in [5.74, 6) is -1.98. The normalized spacial score (nSPS) is 17.6. The van der Waals surface area contributed by atoms with Gasteiger partial charge >= 0.3 is 0 Å². The van der Waals surface area contributed by atoms with Gasteiger partial charge in [0.1, 0.15) is 11.6 Å². The van der Waals surface area contributed by atoms with Crippen LogP contribution in [0.5, 0.6) is 0 Å². The van der Waals surface area contributed by atoms with Crippen LogP contribution in [0.3, 0.4) is 0 Å².